The number of methoxy groups -OCH3 is 1. The molecule has 1 rings (SSSR count). The lowest BCUT2D eigenvalue weighted by molar-refractivity contribution is -0.144. The Morgan fingerprint density at radius 2 is 2.00 bits per heavy atom. The zero-order valence-electron chi connectivity index (χ0n) is 11.2. The van der Waals surface area contributed by atoms with E-state index in [9.17, 15) is 13.2 Å². The molecule has 1 aromatic rings. The summed E-state index contributed by atoms with van der Waals surface area (Å²) in [5.74, 6) is -0.719. The first kappa shape index (κ1) is 15.5. The van der Waals surface area contributed by atoms with Crippen LogP contribution in [0.4, 0.5) is 5.69 Å². The molecule has 1 unspecified atom stereocenters. The average Bonchev–Trinajstić information content (AvgIpc) is 2.36. The van der Waals surface area contributed by atoms with E-state index >= 15 is 0 Å². The Morgan fingerprint density at radius 3 is 2.53 bits per heavy atom. The summed E-state index contributed by atoms with van der Waals surface area (Å²) in [5, 5.41) is 5.17. The van der Waals surface area contributed by atoms with Crippen molar-refractivity contribution in [3.05, 3.63) is 24.3 Å². The molecule has 0 spiro atoms. The van der Waals surface area contributed by atoms with Crippen LogP contribution in [-0.2, 0) is 19.6 Å². The van der Waals surface area contributed by atoms with Gasteiger partial charge in [-0.3, -0.25) is 4.79 Å². The predicted octanol–water partition coefficient (Wildman–Crippen LogP) is 0.579. The number of nitrogens with two attached hydrogens (primary N) is 1. The molecule has 0 bridgehead atoms. The number of nitrogens with zero attached hydrogens (tertiary/aromatic N) is 1. The molecule has 0 aromatic heterocycles. The lowest BCUT2D eigenvalue weighted by Crippen LogP contribution is -2.30. The fourth-order valence-corrected chi connectivity index (χ4v) is 2.58. The Labute approximate surface area is 113 Å². The molecule has 2 N–H and O–H groups in total. The minimum absolute atomic E-state index is 0.0366. The van der Waals surface area contributed by atoms with Gasteiger partial charge in [-0.05, 0) is 12.1 Å². The van der Waals surface area contributed by atoms with Crippen LogP contribution in [0.2, 0.25) is 0 Å². The van der Waals surface area contributed by atoms with Gasteiger partial charge in [0.25, 0.3) is 0 Å². The molecule has 19 heavy (non-hydrogen) atoms. The molecule has 0 amide bonds. The number of carbonyl (C=O) groups excluding carboxylic acids is 1. The summed E-state index contributed by atoms with van der Waals surface area (Å²) in [6.07, 6.45) is 0. The SMILES string of the molecule is COC(=O)C(C)CN(C)c1ccccc1S(N)(=O)=O. The highest BCUT2D eigenvalue weighted by molar-refractivity contribution is 7.89. The van der Waals surface area contributed by atoms with Gasteiger partial charge in [-0.25, -0.2) is 13.6 Å². The molecular weight excluding hydrogens is 268 g/mol. The summed E-state index contributed by atoms with van der Waals surface area (Å²) in [7, 11) is -0.783. The van der Waals surface area contributed by atoms with Crippen LogP contribution < -0.4 is 10.0 Å². The summed E-state index contributed by atoms with van der Waals surface area (Å²) in [4.78, 5) is 13.1. The predicted molar refractivity (Wildman–Crippen MR) is 72.3 cm³/mol. The molecule has 106 valence electrons. The van der Waals surface area contributed by atoms with Gasteiger partial charge in [-0.1, -0.05) is 19.1 Å². The fraction of sp³-hybridized carbons (Fsp3) is 0.417. The molecule has 6 nitrogen and oxygen atoms in total. The maximum atomic E-state index is 11.5. The molecule has 0 aliphatic heterocycles. The minimum Gasteiger partial charge on any atom is -0.469 e. The first-order chi connectivity index (χ1) is 8.77. The second kappa shape index (κ2) is 6.03. The molecule has 0 aliphatic rings. The van der Waals surface area contributed by atoms with E-state index in [0.717, 1.165) is 0 Å². The average molecular weight is 286 g/mol. The Hall–Kier alpha value is -1.60. The minimum atomic E-state index is -3.80. The number of hydrogen-bond donors (Lipinski definition) is 1. The number of esters is 1. The van der Waals surface area contributed by atoms with E-state index < -0.39 is 10.0 Å². The number of ether oxygens (including phenoxy) is 1. The smallest absolute Gasteiger partial charge is 0.310 e. The van der Waals surface area contributed by atoms with Crippen molar-refractivity contribution in [3.63, 3.8) is 0 Å². The number of primary sulfonamides is 1. The van der Waals surface area contributed by atoms with Crippen molar-refractivity contribution >= 4 is 21.7 Å². The zero-order valence-corrected chi connectivity index (χ0v) is 12.0. The van der Waals surface area contributed by atoms with E-state index in [1.54, 1.807) is 37.1 Å². The quantitative estimate of drug-likeness (QED) is 0.800. The van der Waals surface area contributed by atoms with Gasteiger partial charge in [0, 0.05) is 13.6 Å². The van der Waals surface area contributed by atoms with E-state index in [1.165, 1.54) is 13.2 Å². The monoisotopic (exact) mass is 286 g/mol. The molecule has 0 radical (unpaired) electrons. The van der Waals surface area contributed by atoms with E-state index in [4.69, 9.17) is 5.14 Å². The lowest BCUT2D eigenvalue weighted by Gasteiger charge is -2.24. The van der Waals surface area contributed by atoms with Crippen molar-refractivity contribution in [3.8, 4) is 0 Å². The van der Waals surface area contributed by atoms with Crippen molar-refractivity contribution in [1.82, 2.24) is 0 Å². The van der Waals surface area contributed by atoms with Crippen molar-refractivity contribution in [2.75, 3.05) is 25.6 Å². The van der Waals surface area contributed by atoms with E-state index in [1.807, 2.05) is 0 Å². The second-order valence-corrected chi connectivity index (χ2v) is 5.85. The number of sulfonamides is 1. The van der Waals surface area contributed by atoms with Crippen LogP contribution in [0.1, 0.15) is 6.92 Å². The normalized spacial score (nSPS) is 12.8. The number of hydrogen-bond acceptors (Lipinski definition) is 5. The standard InChI is InChI=1S/C12H18N2O4S/c1-9(12(15)18-3)8-14(2)10-6-4-5-7-11(10)19(13,16)17/h4-7,9H,8H2,1-3H3,(H2,13,16,17). The molecule has 0 fully saturated rings. The van der Waals surface area contributed by atoms with Gasteiger partial charge in [-0.15, -0.1) is 0 Å². The molecule has 7 heteroatoms. The van der Waals surface area contributed by atoms with Gasteiger partial charge in [0.2, 0.25) is 10.0 Å². The number of anilines is 1. The van der Waals surface area contributed by atoms with Crippen LogP contribution in [0.3, 0.4) is 0 Å². The summed E-state index contributed by atoms with van der Waals surface area (Å²) in [5.41, 5.74) is 0.459. The summed E-state index contributed by atoms with van der Waals surface area (Å²) < 4.78 is 27.6. The molecule has 0 saturated heterocycles. The third-order valence-electron chi connectivity index (χ3n) is 2.73. The number of benzene rings is 1. The highest BCUT2D eigenvalue weighted by atomic mass is 32.2. The molecule has 1 atom stereocenters. The number of para-hydroxylation sites is 1. The van der Waals surface area contributed by atoms with Crippen LogP contribution in [0, 0.1) is 5.92 Å². The third-order valence-corrected chi connectivity index (χ3v) is 3.69. The largest absolute Gasteiger partial charge is 0.469 e. The van der Waals surface area contributed by atoms with Gasteiger partial charge < -0.3 is 9.64 Å². The lowest BCUT2D eigenvalue weighted by atomic mass is 10.1. The Kier molecular flexibility index (Phi) is 4.90. The Morgan fingerprint density at radius 1 is 1.42 bits per heavy atom. The number of carbonyl (C=O) groups is 1. The number of rotatable bonds is 5. The highest BCUT2D eigenvalue weighted by Crippen LogP contribution is 2.23. The van der Waals surface area contributed by atoms with Crippen LogP contribution >= 0.6 is 0 Å². The molecule has 0 aliphatic carbocycles. The summed E-state index contributed by atoms with van der Waals surface area (Å²) in [6, 6.07) is 6.39. The van der Waals surface area contributed by atoms with Crippen molar-refractivity contribution in [2.24, 2.45) is 11.1 Å². The van der Waals surface area contributed by atoms with Crippen LogP contribution in [0.15, 0.2) is 29.2 Å². The second-order valence-electron chi connectivity index (χ2n) is 4.32. The zero-order chi connectivity index (χ0) is 14.6. The fourth-order valence-electron chi connectivity index (χ4n) is 1.80. The topological polar surface area (TPSA) is 89.7 Å². The Balaban J connectivity index is 3.01. The molecular formula is C12H18N2O4S. The van der Waals surface area contributed by atoms with Gasteiger partial charge >= 0.3 is 5.97 Å². The van der Waals surface area contributed by atoms with Gasteiger partial charge in [0.05, 0.1) is 18.7 Å². The van der Waals surface area contributed by atoms with Crippen LogP contribution in [-0.4, -0.2) is 35.1 Å². The third kappa shape index (κ3) is 3.93. The maximum Gasteiger partial charge on any atom is 0.310 e. The van der Waals surface area contributed by atoms with Crippen molar-refractivity contribution in [2.45, 2.75) is 11.8 Å². The molecule has 0 heterocycles. The molecule has 1 aromatic carbocycles. The first-order valence-corrected chi connectivity index (χ1v) is 7.22. The van der Waals surface area contributed by atoms with Crippen molar-refractivity contribution < 1.29 is 17.9 Å². The molecule has 0 saturated carbocycles. The van der Waals surface area contributed by atoms with Crippen LogP contribution in [0.5, 0.6) is 0 Å². The highest BCUT2D eigenvalue weighted by Gasteiger charge is 2.20. The summed E-state index contributed by atoms with van der Waals surface area (Å²) in [6.45, 7) is 2.04. The Bertz CT molecular complexity index is 557. The van der Waals surface area contributed by atoms with E-state index in [0.29, 0.717) is 12.2 Å². The van der Waals surface area contributed by atoms with Crippen molar-refractivity contribution in [1.29, 1.82) is 0 Å². The van der Waals surface area contributed by atoms with Gasteiger partial charge in [0.1, 0.15) is 4.90 Å². The summed E-state index contributed by atoms with van der Waals surface area (Å²) >= 11 is 0. The van der Waals surface area contributed by atoms with E-state index in [-0.39, 0.29) is 16.8 Å². The first-order valence-electron chi connectivity index (χ1n) is 5.68. The van der Waals surface area contributed by atoms with E-state index in [2.05, 4.69) is 4.74 Å². The maximum absolute atomic E-state index is 11.5. The van der Waals surface area contributed by atoms with Crippen LogP contribution in [0.25, 0.3) is 0 Å². The van der Waals surface area contributed by atoms with Gasteiger partial charge in [-0.2, -0.15) is 0 Å². The van der Waals surface area contributed by atoms with Gasteiger partial charge in [0.15, 0.2) is 0 Å².